The second-order valence-electron chi connectivity index (χ2n) is 2.52. The molecule has 1 aliphatic heterocycles. The molecule has 1 aliphatic rings. The number of rotatable bonds is 1. The Morgan fingerprint density at radius 2 is 2.31 bits per heavy atom. The highest BCUT2D eigenvalue weighted by atomic mass is 16.6. The topological polar surface area (TPSA) is 81.7 Å². The van der Waals surface area contributed by atoms with Gasteiger partial charge in [-0.25, -0.2) is 9.59 Å². The summed E-state index contributed by atoms with van der Waals surface area (Å²) in [7, 11) is 1.19. The van der Waals surface area contributed by atoms with Gasteiger partial charge in [0.15, 0.2) is 0 Å². The van der Waals surface area contributed by atoms with Crippen LogP contribution in [0, 0.1) is 0 Å². The number of alkyl carbamates (subject to hydrolysis) is 1. The Labute approximate surface area is 74.2 Å². The van der Waals surface area contributed by atoms with E-state index in [9.17, 15) is 14.4 Å². The van der Waals surface area contributed by atoms with E-state index in [4.69, 9.17) is 0 Å². The molecule has 1 saturated heterocycles. The minimum Gasteiger partial charge on any atom is -0.453 e. The molecule has 0 bridgehead atoms. The maximum Gasteiger partial charge on any atom is 0.407 e. The van der Waals surface area contributed by atoms with Gasteiger partial charge in [0, 0.05) is 6.42 Å². The molecule has 1 amide bonds. The van der Waals surface area contributed by atoms with E-state index < -0.39 is 24.1 Å². The third kappa shape index (κ3) is 2.43. The van der Waals surface area contributed by atoms with Crippen molar-refractivity contribution < 1.29 is 23.9 Å². The van der Waals surface area contributed by atoms with E-state index in [0.29, 0.717) is 0 Å². The summed E-state index contributed by atoms with van der Waals surface area (Å²) in [5.74, 6) is -1.30. The molecule has 0 radical (unpaired) electrons. The molecule has 0 aliphatic carbocycles. The Balaban J connectivity index is 2.47. The van der Waals surface area contributed by atoms with Crippen LogP contribution in [-0.4, -0.2) is 31.2 Å². The maximum atomic E-state index is 10.9. The zero-order valence-corrected chi connectivity index (χ0v) is 7.03. The van der Waals surface area contributed by atoms with E-state index in [1.165, 1.54) is 7.11 Å². The summed E-state index contributed by atoms with van der Waals surface area (Å²) in [6.07, 6.45) is -0.330. The lowest BCUT2D eigenvalue weighted by atomic mass is 10.1. The van der Waals surface area contributed by atoms with Crippen LogP contribution in [0.5, 0.6) is 0 Å². The van der Waals surface area contributed by atoms with Gasteiger partial charge < -0.3 is 14.8 Å². The number of amides is 1. The van der Waals surface area contributed by atoms with Crippen molar-refractivity contribution in [1.29, 1.82) is 0 Å². The number of hydrogen-bond donors (Lipinski definition) is 1. The van der Waals surface area contributed by atoms with Gasteiger partial charge in [-0.05, 0) is 6.42 Å². The van der Waals surface area contributed by atoms with Crippen molar-refractivity contribution >= 4 is 18.0 Å². The van der Waals surface area contributed by atoms with Gasteiger partial charge in [0.1, 0.15) is 6.04 Å². The molecule has 1 unspecified atom stereocenters. The number of esters is 2. The number of ether oxygens (including phenoxy) is 2. The molecule has 1 fully saturated rings. The first kappa shape index (κ1) is 9.50. The monoisotopic (exact) mass is 187 g/mol. The fraction of sp³-hybridized carbons (Fsp3) is 0.571. The number of hydrogen-bond acceptors (Lipinski definition) is 5. The summed E-state index contributed by atoms with van der Waals surface area (Å²) in [6.45, 7) is 0. The van der Waals surface area contributed by atoms with E-state index in [2.05, 4.69) is 14.8 Å². The average Bonchev–Trinajstić information content (AvgIpc) is 2.09. The number of cyclic esters (lactones) is 2. The zero-order chi connectivity index (χ0) is 9.84. The predicted octanol–water partition coefficient (Wildman–Crippen LogP) is -0.425. The van der Waals surface area contributed by atoms with E-state index in [0.717, 1.165) is 0 Å². The first-order chi connectivity index (χ1) is 6.13. The lowest BCUT2D eigenvalue weighted by Gasteiger charge is -2.19. The Hall–Kier alpha value is -1.59. The Morgan fingerprint density at radius 3 is 2.85 bits per heavy atom. The van der Waals surface area contributed by atoms with Crippen LogP contribution >= 0.6 is 0 Å². The molecule has 1 atom stereocenters. The molecule has 72 valence electrons. The molecule has 1 rings (SSSR count). The first-order valence-corrected chi connectivity index (χ1v) is 3.72. The van der Waals surface area contributed by atoms with Crippen LogP contribution in [0.3, 0.4) is 0 Å². The van der Waals surface area contributed by atoms with Crippen molar-refractivity contribution in [3.05, 3.63) is 0 Å². The lowest BCUT2D eigenvalue weighted by molar-refractivity contribution is -0.165. The van der Waals surface area contributed by atoms with Gasteiger partial charge >= 0.3 is 18.0 Å². The van der Waals surface area contributed by atoms with Crippen molar-refractivity contribution in [2.24, 2.45) is 0 Å². The van der Waals surface area contributed by atoms with Crippen LogP contribution in [0.2, 0.25) is 0 Å². The SMILES string of the molecule is COC(=O)NC1CCC(=O)OC1=O. The maximum absolute atomic E-state index is 10.9. The van der Waals surface area contributed by atoms with Gasteiger partial charge in [0.2, 0.25) is 0 Å². The van der Waals surface area contributed by atoms with Crippen LogP contribution in [0.15, 0.2) is 0 Å². The molecule has 6 nitrogen and oxygen atoms in total. The first-order valence-electron chi connectivity index (χ1n) is 3.72. The third-order valence-electron chi connectivity index (χ3n) is 1.61. The highest BCUT2D eigenvalue weighted by molar-refractivity contribution is 5.92. The summed E-state index contributed by atoms with van der Waals surface area (Å²) in [5.41, 5.74) is 0. The van der Waals surface area contributed by atoms with Crippen LogP contribution in [0.4, 0.5) is 4.79 Å². The average molecular weight is 187 g/mol. The zero-order valence-electron chi connectivity index (χ0n) is 7.03. The summed E-state index contributed by atoms with van der Waals surface area (Å²) < 4.78 is 8.58. The molecule has 0 saturated carbocycles. The highest BCUT2D eigenvalue weighted by Gasteiger charge is 2.30. The predicted molar refractivity (Wildman–Crippen MR) is 39.7 cm³/mol. The molecule has 0 spiro atoms. The molecule has 6 heteroatoms. The van der Waals surface area contributed by atoms with E-state index in [1.807, 2.05) is 0 Å². The molecule has 13 heavy (non-hydrogen) atoms. The Bertz CT molecular complexity index is 249. The second-order valence-corrected chi connectivity index (χ2v) is 2.52. The van der Waals surface area contributed by atoms with Crippen molar-refractivity contribution in [2.45, 2.75) is 18.9 Å². The minimum atomic E-state index is -0.773. The van der Waals surface area contributed by atoms with Gasteiger partial charge in [-0.2, -0.15) is 0 Å². The smallest absolute Gasteiger partial charge is 0.407 e. The second kappa shape index (κ2) is 3.88. The van der Waals surface area contributed by atoms with Crippen molar-refractivity contribution in [3.8, 4) is 0 Å². The third-order valence-corrected chi connectivity index (χ3v) is 1.61. The molecular weight excluding hydrogens is 178 g/mol. The normalized spacial score (nSPS) is 22.1. The van der Waals surface area contributed by atoms with Gasteiger partial charge in [-0.15, -0.1) is 0 Å². The fourth-order valence-electron chi connectivity index (χ4n) is 0.947. The summed E-state index contributed by atoms with van der Waals surface area (Å²) in [4.78, 5) is 32.2. The standard InChI is InChI=1S/C7H9NO5/c1-12-7(11)8-4-2-3-5(9)13-6(4)10/h4H,2-3H2,1H3,(H,8,11). The number of nitrogens with one attached hydrogen (secondary N) is 1. The van der Waals surface area contributed by atoms with E-state index in [1.54, 1.807) is 0 Å². The summed E-state index contributed by atoms with van der Waals surface area (Å²) in [5, 5.41) is 2.25. The Kier molecular flexibility index (Phi) is 2.84. The number of carbonyl (C=O) groups is 3. The quantitative estimate of drug-likeness (QED) is 0.445. The molecular formula is C7H9NO5. The van der Waals surface area contributed by atoms with E-state index in [-0.39, 0.29) is 12.8 Å². The van der Waals surface area contributed by atoms with Gasteiger partial charge in [0.05, 0.1) is 7.11 Å². The van der Waals surface area contributed by atoms with Gasteiger partial charge in [0.25, 0.3) is 0 Å². The summed E-state index contributed by atoms with van der Waals surface area (Å²) in [6, 6.07) is -0.773. The van der Waals surface area contributed by atoms with Crippen LogP contribution in [0.25, 0.3) is 0 Å². The highest BCUT2D eigenvalue weighted by Crippen LogP contribution is 2.08. The molecule has 0 aromatic heterocycles. The number of methoxy groups -OCH3 is 1. The van der Waals surface area contributed by atoms with E-state index >= 15 is 0 Å². The van der Waals surface area contributed by atoms with Crippen molar-refractivity contribution in [1.82, 2.24) is 5.32 Å². The van der Waals surface area contributed by atoms with Gasteiger partial charge in [-0.3, -0.25) is 4.79 Å². The van der Waals surface area contributed by atoms with Crippen molar-refractivity contribution in [2.75, 3.05) is 7.11 Å². The summed E-state index contributed by atoms with van der Waals surface area (Å²) >= 11 is 0. The largest absolute Gasteiger partial charge is 0.453 e. The van der Waals surface area contributed by atoms with Gasteiger partial charge in [-0.1, -0.05) is 0 Å². The van der Waals surface area contributed by atoms with Crippen LogP contribution < -0.4 is 5.32 Å². The number of carbonyl (C=O) groups excluding carboxylic acids is 3. The fourth-order valence-corrected chi connectivity index (χ4v) is 0.947. The minimum absolute atomic E-state index is 0.125. The van der Waals surface area contributed by atoms with Crippen LogP contribution in [-0.2, 0) is 19.1 Å². The lowest BCUT2D eigenvalue weighted by Crippen LogP contribution is -2.45. The Morgan fingerprint density at radius 1 is 1.62 bits per heavy atom. The van der Waals surface area contributed by atoms with Crippen molar-refractivity contribution in [3.63, 3.8) is 0 Å². The molecule has 0 aromatic rings. The van der Waals surface area contributed by atoms with Crippen LogP contribution in [0.1, 0.15) is 12.8 Å². The molecule has 0 aromatic carbocycles. The molecule has 1 heterocycles. The molecule has 1 N–H and O–H groups in total.